The van der Waals surface area contributed by atoms with E-state index in [9.17, 15) is 0 Å². The number of anilines is 6. The van der Waals surface area contributed by atoms with Crippen LogP contribution in [-0.2, 0) is 36.5 Å². The Labute approximate surface area is 420 Å². The molecule has 0 radical (unpaired) electrons. The van der Waals surface area contributed by atoms with Gasteiger partial charge in [0.25, 0.3) is 0 Å². The maximum atomic E-state index is 2.60. The van der Waals surface area contributed by atoms with Gasteiger partial charge in [-0.25, -0.2) is 0 Å². The summed E-state index contributed by atoms with van der Waals surface area (Å²) in [7, 11) is 0. The molecule has 348 valence electrons. The number of aryl methyl sites for hydroxylation is 4. The lowest BCUT2D eigenvalue weighted by molar-refractivity contribution is -0.00518. The first-order chi connectivity index (χ1) is 34.8. The summed E-state index contributed by atoms with van der Waals surface area (Å²) in [4.78, 5) is 5.15. The van der Waals surface area contributed by atoms with E-state index in [1.807, 2.05) is 0 Å². The summed E-state index contributed by atoms with van der Waals surface area (Å²) >= 11 is 0. The molecule has 9 aromatic rings. The lowest BCUT2D eigenvalue weighted by Crippen LogP contribution is -2.48. The van der Waals surface area contributed by atoms with Gasteiger partial charge in [-0.1, -0.05) is 153 Å². The molecular formula is C69H62N2. The van der Waals surface area contributed by atoms with Crippen LogP contribution in [0.1, 0.15) is 91.3 Å². The molecule has 2 nitrogen and oxygen atoms in total. The van der Waals surface area contributed by atoms with Crippen LogP contribution in [0.5, 0.6) is 0 Å². The summed E-state index contributed by atoms with van der Waals surface area (Å²) in [6, 6.07) is 76.9. The van der Waals surface area contributed by atoms with E-state index in [1.54, 1.807) is 5.56 Å². The van der Waals surface area contributed by atoms with Crippen molar-refractivity contribution in [2.45, 2.75) is 88.9 Å². The molecule has 0 aromatic heterocycles. The maximum absolute atomic E-state index is 2.60. The second kappa shape index (κ2) is 16.7. The number of para-hydroxylation sites is 1. The minimum atomic E-state index is -0.171. The molecule has 0 aliphatic heterocycles. The SMILES string of the molecule is CC1(C)c2ccccc2-c2c(-c3ccccc3)cc(N(c3ccc4ccccc4c3)c3cc4ccc3CCc3ccc(c(N(c5ccccc5)c5ccc(C67CC8CC(CC(C8)C6)C7)cc5)c3)CC4)cc21. The first-order valence-electron chi connectivity index (χ1n) is 26.7. The van der Waals surface area contributed by atoms with Crippen molar-refractivity contribution >= 4 is 44.9 Å². The number of nitrogens with zero attached hydrogens (tertiary/aromatic N) is 2. The van der Waals surface area contributed by atoms with Crippen molar-refractivity contribution in [3.63, 3.8) is 0 Å². The smallest absolute Gasteiger partial charge is 0.0496 e. The Kier molecular flexibility index (Phi) is 10.1. The highest BCUT2D eigenvalue weighted by atomic mass is 15.2. The monoisotopic (exact) mass is 918 g/mol. The molecule has 18 rings (SSSR count). The Morgan fingerprint density at radius 2 is 0.944 bits per heavy atom. The molecule has 0 N–H and O–H groups in total. The molecule has 71 heavy (non-hydrogen) atoms. The van der Waals surface area contributed by atoms with Crippen LogP contribution in [0.15, 0.2) is 200 Å². The van der Waals surface area contributed by atoms with Crippen LogP contribution in [0.25, 0.3) is 33.0 Å². The molecule has 4 saturated carbocycles. The van der Waals surface area contributed by atoms with Crippen LogP contribution >= 0.6 is 0 Å². The first-order valence-corrected chi connectivity index (χ1v) is 26.7. The van der Waals surface area contributed by atoms with Gasteiger partial charge in [-0.15, -0.1) is 0 Å². The van der Waals surface area contributed by atoms with Gasteiger partial charge in [0.15, 0.2) is 0 Å². The van der Waals surface area contributed by atoms with Crippen LogP contribution in [0.2, 0.25) is 0 Å². The van der Waals surface area contributed by atoms with Gasteiger partial charge in [0.2, 0.25) is 0 Å². The lowest BCUT2D eigenvalue weighted by atomic mass is 9.48. The number of rotatable bonds is 8. The Balaban J connectivity index is 0.878. The minimum Gasteiger partial charge on any atom is -0.310 e. The first kappa shape index (κ1) is 42.7. The van der Waals surface area contributed by atoms with Crippen molar-refractivity contribution in [3.8, 4) is 22.3 Å². The third-order valence-corrected chi connectivity index (χ3v) is 17.9. The number of benzene rings is 9. The van der Waals surface area contributed by atoms with Crippen LogP contribution in [0.4, 0.5) is 34.1 Å². The van der Waals surface area contributed by atoms with Gasteiger partial charge in [-0.2, -0.15) is 0 Å². The molecule has 0 unspecified atom stereocenters. The fourth-order valence-corrected chi connectivity index (χ4v) is 14.9. The van der Waals surface area contributed by atoms with Crippen molar-refractivity contribution in [1.82, 2.24) is 0 Å². The van der Waals surface area contributed by atoms with Crippen LogP contribution in [-0.4, -0.2) is 0 Å². The fourth-order valence-electron chi connectivity index (χ4n) is 14.9. The second-order valence-electron chi connectivity index (χ2n) is 22.7. The van der Waals surface area contributed by atoms with E-state index in [4.69, 9.17) is 0 Å². The van der Waals surface area contributed by atoms with Gasteiger partial charge >= 0.3 is 0 Å². The zero-order chi connectivity index (χ0) is 47.3. The number of fused-ring (bicyclic) bond motifs is 4. The van der Waals surface area contributed by atoms with E-state index in [0.717, 1.165) is 43.4 Å². The highest BCUT2D eigenvalue weighted by Gasteiger charge is 2.51. The van der Waals surface area contributed by atoms with Crippen molar-refractivity contribution in [3.05, 3.63) is 239 Å². The molecule has 0 heterocycles. The Morgan fingerprint density at radius 3 is 1.61 bits per heavy atom. The highest BCUT2D eigenvalue weighted by molar-refractivity contribution is 5.97. The molecular weight excluding hydrogens is 857 g/mol. The molecule has 0 saturated heterocycles. The minimum absolute atomic E-state index is 0.171. The third kappa shape index (κ3) is 7.27. The van der Waals surface area contributed by atoms with E-state index >= 15 is 0 Å². The summed E-state index contributed by atoms with van der Waals surface area (Å²) < 4.78 is 0. The molecule has 9 aromatic carbocycles. The Morgan fingerprint density at radius 1 is 0.394 bits per heavy atom. The average molecular weight is 919 g/mol. The van der Waals surface area contributed by atoms with Gasteiger partial charge in [0.1, 0.15) is 0 Å². The lowest BCUT2D eigenvalue weighted by Gasteiger charge is -2.57. The van der Waals surface area contributed by atoms with Gasteiger partial charge < -0.3 is 9.80 Å². The van der Waals surface area contributed by atoms with Crippen LogP contribution < -0.4 is 9.80 Å². The molecule has 0 spiro atoms. The molecule has 8 bridgehead atoms. The third-order valence-electron chi connectivity index (χ3n) is 17.9. The Hall–Kier alpha value is -7.16. The summed E-state index contributed by atoms with van der Waals surface area (Å²) in [5.74, 6) is 2.81. The second-order valence-corrected chi connectivity index (χ2v) is 22.7. The van der Waals surface area contributed by atoms with Gasteiger partial charge in [0.05, 0.1) is 0 Å². The van der Waals surface area contributed by atoms with Crippen LogP contribution in [0.3, 0.4) is 0 Å². The number of hydrogen-bond donors (Lipinski definition) is 0. The average Bonchev–Trinajstić information content (AvgIpc) is 3.63. The maximum Gasteiger partial charge on any atom is 0.0496 e. The molecule has 2 heteroatoms. The molecule has 0 atom stereocenters. The predicted octanol–water partition coefficient (Wildman–Crippen LogP) is 18.1. The van der Waals surface area contributed by atoms with E-state index in [-0.39, 0.29) is 5.41 Å². The van der Waals surface area contributed by atoms with Crippen molar-refractivity contribution < 1.29 is 0 Å². The summed E-state index contributed by atoms with van der Waals surface area (Å²) in [5.41, 5.74) is 22.7. The van der Waals surface area contributed by atoms with Crippen LogP contribution in [0, 0.1) is 17.8 Å². The van der Waals surface area contributed by atoms with Gasteiger partial charge in [0, 0.05) is 39.5 Å². The van der Waals surface area contributed by atoms with E-state index in [2.05, 4.69) is 224 Å². The molecule has 0 amide bonds. The van der Waals surface area contributed by atoms with Crippen molar-refractivity contribution in [2.24, 2.45) is 17.8 Å². The molecule has 9 aliphatic carbocycles. The van der Waals surface area contributed by atoms with E-state index in [0.29, 0.717) is 5.41 Å². The highest BCUT2D eigenvalue weighted by Crippen LogP contribution is 2.61. The van der Waals surface area contributed by atoms with Crippen molar-refractivity contribution in [2.75, 3.05) is 9.80 Å². The fraction of sp³-hybridized carbons (Fsp3) is 0.246. The zero-order valence-corrected chi connectivity index (χ0v) is 41.3. The van der Waals surface area contributed by atoms with E-state index in [1.165, 1.54) is 139 Å². The number of hydrogen-bond acceptors (Lipinski definition) is 2. The summed E-state index contributed by atoms with van der Waals surface area (Å²) in [5, 5.41) is 2.50. The quantitative estimate of drug-likeness (QED) is 0.150. The van der Waals surface area contributed by atoms with Gasteiger partial charge in [-0.3, -0.25) is 0 Å². The predicted molar refractivity (Wildman–Crippen MR) is 297 cm³/mol. The summed E-state index contributed by atoms with van der Waals surface area (Å²) in [6.07, 6.45) is 12.3. The summed E-state index contributed by atoms with van der Waals surface area (Å²) in [6.45, 7) is 4.83. The van der Waals surface area contributed by atoms with Gasteiger partial charge in [-0.05, 0) is 220 Å². The largest absolute Gasteiger partial charge is 0.310 e. The zero-order valence-electron chi connectivity index (χ0n) is 41.3. The van der Waals surface area contributed by atoms with Crippen molar-refractivity contribution in [1.29, 1.82) is 0 Å². The Bertz CT molecular complexity index is 3460. The molecule has 9 aliphatic rings. The molecule has 4 fully saturated rings. The normalized spacial score (nSPS) is 21.1. The topological polar surface area (TPSA) is 6.48 Å². The van der Waals surface area contributed by atoms with E-state index < -0.39 is 0 Å². The standard InChI is InChI=1S/C69H62N2/c1-68(2)63-20-12-11-19-61(63)67-62(52-14-5-3-6-15-52)41-60(42-64(67)68)71(59-32-29-51-13-9-10-16-55(51)40-59)66-39-47-22-26-53-25-21-46(23-27-54(66)28-24-47)38-65(53)70(57-17-7-4-8-18-57)58-33-30-56(31-34-58)69-43-48-35-49(44-69)37-50(36-48)45-69/h3-21,24-25,28-34,38-42,48-50H,22-23,26-27,35-37,43-45H2,1-2H3.